The number of carbonyl (C=O) groups excluding carboxylic acids is 2. The summed E-state index contributed by atoms with van der Waals surface area (Å²) in [4.78, 5) is 36.2. The molecule has 0 aliphatic rings. The third-order valence-corrected chi connectivity index (χ3v) is 2.21. The number of carboxylic acids is 1. The molecule has 104 valence electrons. The first-order chi connectivity index (χ1) is 8.32. The van der Waals surface area contributed by atoms with Crippen LogP contribution >= 0.6 is 0 Å². The van der Waals surface area contributed by atoms with Crippen LogP contribution in [0.2, 0.25) is 0 Å². The van der Waals surface area contributed by atoms with E-state index < -0.39 is 5.97 Å². The molecule has 0 aliphatic carbocycles. The lowest BCUT2D eigenvalue weighted by atomic mass is 10.3. The van der Waals surface area contributed by atoms with Crippen molar-refractivity contribution in [2.45, 2.75) is 13.3 Å². The number of carbonyl (C=O) groups is 3. The molecule has 0 aromatic heterocycles. The molecule has 0 spiro atoms. The Bertz CT molecular complexity index is 305. The molecule has 0 heterocycles. The molecule has 0 fully saturated rings. The molecular weight excluding hydrogens is 238 g/mol. The van der Waals surface area contributed by atoms with E-state index >= 15 is 0 Å². The van der Waals surface area contributed by atoms with Crippen LogP contribution in [0, 0.1) is 0 Å². The van der Waals surface area contributed by atoms with E-state index in [0.29, 0.717) is 13.1 Å². The monoisotopic (exact) mass is 259 g/mol. The summed E-state index contributed by atoms with van der Waals surface area (Å²) in [6.07, 6.45) is 0.111. The van der Waals surface area contributed by atoms with Crippen molar-refractivity contribution in [1.82, 2.24) is 15.1 Å². The molecule has 0 aromatic carbocycles. The van der Waals surface area contributed by atoms with Gasteiger partial charge in [-0.3, -0.25) is 14.4 Å². The second kappa shape index (κ2) is 8.46. The number of likely N-dealkylation sites (N-methyl/N-ethyl adjacent to an activating group) is 1. The summed E-state index contributed by atoms with van der Waals surface area (Å²) in [6.45, 7) is 2.24. The normalized spacial score (nSPS) is 10.2. The summed E-state index contributed by atoms with van der Waals surface area (Å²) in [5.74, 6) is -1.52. The molecule has 18 heavy (non-hydrogen) atoms. The molecule has 0 unspecified atom stereocenters. The first-order valence-corrected chi connectivity index (χ1v) is 5.71. The van der Waals surface area contributed by atoms with Gasteiger partial charge in [-0.1, -0.05) is 0 Å². The Labute approximate surface area is 107 Å². The number of hydrogen-bond acceptors (Lipinski definition) is 4. The molecule has 0 aliphatic heterocycles. The average molecular weight is 259 g/mol. The van der Waals surface area contributed by atoms with Gasteiger partial charge >= 0.3 is 5.97 Å². The molecule has 0 saturated carbocycles. The van der Waals surface area contributed by atoms with Gasteiger partial charge in [0.15, 0.2) is 0 Å². The molecule has 0 atom stereocenters. The van der Waals surface area contributed by atoms with Crippen LogP contribution in [0.5, 0.6) is 0 Å². The van der Waals surface area contributed by atoms with E-state index in [2.05, 4.69) is 5.32 Å². The van der Waals surface area contributed by atoms with Crippen molar-refractivity contribution in [2.24, 2.45) is 0 Å². The van der Waals surface area contributed by atoms with E-state index in [9.17, 15) is 14.4 Å². The summed E-state index contributed by atoms with van der Waals surface area (Å²) in [5, 5.41) is 11.2. The first kappa shape index (κ1) is 16.4. The van der Waals surface area contributed by atoms with Crippen molar-refractivity contribution < 1.29 is 19.5 Å². The van der Waals surface area contributed by atoms with Gasteiger partial charge in [-0.05, 0) is 14.1 Å². The van der Waals surface area contributed by atoms with Gasteiger partial charge in [-0.2, -0.15) is 0 Å². The van der Waals surface area contributed by atoms with Crippen LogP contribution in [0.3, 0.4) is 0 Å². The Morgan fingerprint density at radius 2 is 1.78 bits per heavy atom. The number of aliphatic carboxylic acids is 1. The van der Waals surface area contributed by atoms with E-state index in [-0.39, 0.29) is 31.3 Å². The van der Waals surface area contributed by atoms with E-state index in [0.717, 1.165) is 0 Å². The maximum atomic E-state index is 11.8. The summed E-state index contributed by atoms with van der Waals surface area (Å²) in [6, 6.07) is 0. The largest absolute Gasteiger partial charge is 0.480 e. The fourth-order valence-electron chi connectivity index (χ4n) is 1.28. The van der Waals surface area contributed by atoms with Gasteiger partial charge in [0.2, 0.25) is 11.8 Å². The van der Waals surface area contributed by atoms with E-state index in [1.54, 1.807) is 0 Å². The molecule has 7 nitrogen and oxygen atoms in total. The van der Waals surface area contributed by atoms with Crippen LogP contribution < -0.4 is 5.32 Å². The van der Waals surface area contributed by atoms with E-state index in [1.807, 2.05) is 19.0 Å². The van der Waals surface area contributed by atoms with Gasteiger partial charge in [-0.25, -0.2) is 0 Å². The van der Waals surface area contributed by atoms with Crippen molar-refractivity contribution in [3.63, 3.8) is 0 Å². The predicted molar refractivity (Wildman–Crippen MR) is 66.1 cm³/mol. The summed E-state index contributed by atoms with van der Waals surface area (Å²) >= 11 is 0. The summed E-state index contributed by atoms with van der Waals surface area (Å²) in [7, 11) is 3.70. The maximum absolute atomic E-state index is 11.8. The van der Waals surface area contributed by atoms with E-state index in [4.69, 9.17) is 5.11 Å². The summed E-state index contributed by atoms with van der Waals surface area (Å²) in [5.41, 5.74) is 0. The number of carboxylic acid groups (broad SMARTS) is 1. The van der Waals surface area contributed by atoms with Crippen molar-refractivity contribution in [3.05, 3.63) is 0 Å². The van der Waals surface area contributed by atoms with Crippen molar-refractivity contribution in [2.75, 3.05) is 40.3 Å². The predicted octanol–water partition coefficient (Wildman–Crippen LogP) is -1.01. The molecule has 2 amide bonds. The van der Waals surface area contributed by atoms with Crippen LogP contribution in [0.4, 0.5) is 0 Å². The molecule has 2 N–H and O–H groups in total. The highest BCUT2D eigenvalue weighted by molar-refractivity contribution is 5.82. The molecule has 0 radical (unpaired) electrons. The number of rotatable bonds is 8. The van der Waals surface area contributed by atoms with Crippen LogP contribution in [0.15, 0.2) is 0 Å². The van der Waals surface area contributed by atoms with Crippen LogP contribution in [-0.2, 0) is 14.4 Å². The summed E-state index contributed by atoms with van der Waals surface area (Å²) < 4.78 is 0. The fourth-order valence-corrected chi connectivity index (χ4v) is 1.28. The van der Waals surface area contributed by atoms with Gasteiger partial charge in [0.05, 0.1) is 0 Å². The first-order valence-electron chi connectivity index (χ1n) is 5.71. The second-order valence-corrected chi connectivity index (χ2v) is 4.25. The number of nitrogens with one attached hydrogen (secondary N) is 1. The molecule has 0 bridgehead atoms. The Morgan fingerprint density at radius 3 is 2.22 bits per heavy atom. The van der Waals surface area contributed by atoms with Crippen molar-refractivity contribution in [1.29, 1.82) is 0 Å². The molecule has 0 saturated heterocycles. The zero-order valence-electron chi connectivity index (χ0n) is 11.1. The topological polar surface area (TPSA) is 90.0 Å². The zero-order chi connectivity index (χ0) is 14.1. The highest BCUT2D eigenvalue weighted by atomic mass is 16.4. The van der Waals surface area contributed by atoms with Gasteiger partial charge in [0.1, 0.15) is 6.54 Å². The van der Waals surface area contributed by atoms with Gasteiger partial charge < -0.3 is 20.2 Å². The Balaban J connectivity index is 4.21. The Hall–Kier alpha value is -1.63. The minimum Gasteiger partial charge on any atom is -0.480 e. The third kappa shape index (κ3) is 8.51. The quantitative estimate of drug-likeness (QED) is 0.583. The highest BCUT2D eigenvalue weighted by Crippen LogP contribution is 1.95. The van der Waals surface area contributed by atoms with Crippen LogP contribution in [0.1, 0.15) is 13.3 Å². The molecular formula is C11H21N3O4. The number of hydrogen-bond donors (Lipinski definition) is 2. The number of amides is 2. The second-order valence-electron chi connectivity index (χ2n) is 4.25. The minimum atomic E-state index is -1.04. The lowest BCUT2D eigenvalue weighted by Gasteiger charge is -2.22. The van der Waals surface area contributed by atoms with E-state index in [1.165, 1.54) is 11.8 Å². The lowest BCUT2D eigenvalue weighted by molar-refractivity contribution is -0.144. The zero-order valence-corrected chi connectivity index (χ0v) is 11.1. The van der Waals surface area contributed by atoms with Gasteiger partial charge in [0, 0.05) is 33.0 Å². The standard InChI is InChI=1S/C11H21N3O4/c1-9(15)12-5-4-10(16)14(8-11(17)18)7-6-13(2)3/h4-8H2,1-3H3,(H,12,15)(H,17,18). The Morgan fingerprint density at radius 1 is 1.17 bits per heavy atom. The number of nitrogens with zero attached hydrogens (tertiary/aromatic N) is 2. The average Bonchev–Trinajstić information content (AvgIpc) is 2.22. The lowest BCUT2D eigenvalue weighted by Crippen LogP contribution is -2.41. The molecule has 7 heteroatoms. The molecule has 0 aromatic rings. The SMILES string of the molecule is CC(=O)NCCC(=O)N(CCN(C)C)CC(=O)O. The Kier molecular flexibility index (Phi) is 7.69. The smallest absolute Gasteiger partial charge is 0.323 e. The third-order valence-electron chi connectivity index (χ3n) is 2.21. The van der Waals surface area contributed by atoms with Crippen molar-refractivity contribution >= 4 is 17.8 Å². The van der Waals surface area contributed by atoms with Crippen LogP contribution in [0.25, 0.3) is 0 Å². The van der Waals surface area contributed by atoms with Gasteiger partial charge in [0.25, 0.3) is 0 Å². The van der Waals surface area contributed by atoms with Gasteiger partial charge in [-0.15, -0.1) is 0 Å². The fraction of sp³-hybridized carbons (Fsp3) is 0.727. The maximum Gasteiger partial charge on any atom is 0.323 e. The highest BCUT2D eigenvalue weighted by Gasteiger charge is 2.16. The minimum absolute atomic E-state index is 0.111. The van der Waals surface area contributed by atoms with Crippen LogP contribution in [-0.4, -0.2) is 73.0 Å². The van der Waals surface area contributed by atoms with Crippen molar-refractivity contribution in [3.8, 4) is 0 Å². The molecule has 0 rings (SSSR count).